The van der Waals surface area contributed by atoms with Gasteiger partial charge < -0.3 is 9.84 Å². The minimum Gasteiger partial charge on any atom is -0.507 e. The van der Waals surface area contributed by atoms with Gasteiger partial charge >= 0.3 is 0 Å². The minimum atomic E-state index is -0.418. The molecule has 172 valence electrons. The van der Waals surface area contributed by atoms with E-state index in [1.807, 2.05) is 54.6 Å². The third kappa shape index (κ3) is 5.69. The van der Waals surface area contributed by atoms with Crippen LogP contribution in [0.25, 0.3) is 10.8 Å². The average Bonchev–Trinajstić information content (AvgIpc) is 3.34. The first-order valence-electron chi connectivity index (χ1n) is 11.4. The van der Waals surface area contributed by atoms with Crippen molar-refractivity contribution in [1.82, 2.24) is 16.3 Å². The lowest BCUT2D eigenvalue weighted by atomic mass is 10.0. The predicted octanol–water partition coefficient (Wildman–Crippen LogP) is 4.17. The maximum absolute atomic E-state index is 12.6. The van der Waals surface area contributed by atoms with Crippen LogP contribution in [0.1, 0.15) is 49.8 Å². The van der Waals surface area contributed by atoms with Gasteiger partial charge in [0.2, 0.25) is 0 Å². The zero-order valence-corrected chi connectivity index (χ0v) is 18.8. The van der Waals surface area contributed by atoms with Gasteiger partial charge in [0.15, 0.2) is 0 Å². The van der Waals surface area contributed by atoms with Gasteiger partial charge in [0.05, 0.1) is 12.8 Å². The normalized spacial score (nSPS) is 18.1. The number of nitrogens with zero attached hydrogens (tertiary/aromatic N) is 1. The summed E-state index contributed by atoms with van der Waals surface area (Å²) in [6.07, 6.45) is 5.48. The summed E-state index contributed by atoms with van der Waals surface area (Å²) in [5, 5.41) is 16.1. The van der Waals surface area contributed by atoms with Crippen LogP contribution in [0.3, 0.4) is 0 Å². The van der Waals surface area contributed by atoms with Gasteiger partial charge in [-0.3, -0.25) is 4.79 Å². The molecule has 0 radical (unpaired) electrons. The van der Waals surface area contributed by atoms with Gasteiger partial charge in [0.1, 0.15) is 17.5 Å². The number of hydrogen-bond acceptors (Lipinski definition) is 6. The number of aromatic hydroxyl groups is 1. The number of hydrazine groups is 1. The van der Waals surface area contributed by atoms with Crippen LogP contribution in [0.4, 0.5) is 0 Å². The molecule has 0 aromatic heterocycles. The molecule has 33 heavy (non-hydrogen) atoms. The van der Waals surface area contributed by atoms with Crippen LogP contribution in [0.5, 0.6) is 11.5 Å². The summed E-state index contributed by atoms with van der Waals surface area (Å²) in [5.74, 6) is 0.739. The number of fused-ring (bicyclic) bond motifs is 1. The lowest BCUT2D eigenvalue weighted by Crippen LogP contribution is -2.41. The van der Waals surface area contributed by atoms with E-state index in [9.17, 15) is 9.90 Å². The van der Waals surface area contributed by atoms with Crippen molar-refractivity contribution < 1.29 is 14.6 Å². The number of hydrazone groups is 1. The number of rotatable bonds is 9. The van der Waals surface area contributed by atoms with Gasteiger partial charge in [-0.05, 0) is 47.4 Å². The molecule has 1 heterocycles. The van der Waals surface area contributed by atoms with Gasteiger partial charge in [-0.1, -0.05) is 62.2 Å². The van der Waals surface area contributed by atoms with Crippen molar-refractivity contribution in [3.05, 3.63) is 71.8 Å². The van der Waals surface area contributed by atoms with Crippen molar-refractivity contribution in [1.29, 1.82) is 0 Å². The highest BCUT2D eigenvalue weighted by Gasteiger charge is 2.30. The molecule has 0 saturated carbocycles. The molecule has 2 unspecified atom stereocenters. The van der Waals surface area contributed by atoms with Crippen LogP contribution >= 0.6 is 0 Å². The average molecular weight is 447 g/mol. The van der Waals surface area contributed by atoms with Crippen molar-refractivity contribution in [2.24, 2.45) is 5.10 Å². The summed E-state index contributed by atoms with van der Waals surface area (Å²) in [4.78, 5) is 12.6. The Kier molecular flexibility index (Phi) is 7.55. The summed E-state index contributed by atoms with van der Waals surface area (Å²) in [6.45, 7) is 2.91. The largest absolute Gasteiger partial charge is 0.507 e. The molecule has 7 heteroatoms. The highest BCUT2D eigenvalue weighted by Crippen LogP contribution is 2.26. The summed E-state index contributed by atoms with van der Waals surface area (Å²) >= 11 is 0. The number of phenols is 1. The predicted molar refractivity (Wildman–Crippen MR) is 130 cm³/mol. The van der Waals surface area contributed by atoms with E-state index < -0.39 is 6.04 Å². The smallest absolute Gasteiger partial charge is 0.258 e. The Morgan fingerprint density at radius 2 is 1.94 bits per heavy atom. The van der Waals surface area contributed by atoms with Gasteiger partial charge in [-0.25, -0.2) is 16.3 Å². The van der Waals surface area contributed by atoms with Crippen LogP contribution in [0, 0.1) is 0 Å². The van der Waals surface area contributed by atoms with Gasteiger partial charge in [-0.15, -0.1) is 0 Å². The number of benzene rings is 3. The Morgan fingerprint density at radius 1 is 1.12 bits per heavy atom. The molecular weight excluding hydrogens is 416 g/mol. The minimum absolute atomic E-state index is 0.0148. The molecular formula is C26H30N4O3. The molecule has 0 spiro atoms. The zero-order chi connectivity index (χ0) is 23.0. The summed E-state index contributed by atoms with van der Waals surface area (Å²) in [5.41, 5.74) is 10.5. The Morgan fingerprint density at radius 3 is 2.76 bits per heavy atom. The molecule has 7 nitrogen and oxygen atoms in total. The number of unbranched alkanes of at least 4 members (excludes halogenated alkanes) is 2. The van der Waals surface area contributed by atoms with Crippen molar-refractivity contribution in [2.45, 2.75) is 44.7 Å². The van der Waals surface area contributed by atoms with Crippen molar-refractivity contribution in [3.63, 3.8) is 0 Å². The number of ether oxygens (including phenoxy) is 1. The molecule has 0 aliphatic carbocycles. The molecule has 0 bridgehead atoms. The molecule has 2 atom stereocenters. The van der Waals surface area contributed by atoms with E-state index >= 15 is 0 Å². The first-order valence-corrected chi connectivity index (χ1v) is 11.4. The monoisotopic (exact) mass is 446 g/mol. The summed E-state index contributed by atoms with van der Waals surface area (Å²) in [6, 6.07) is 18.8. The van der Waals surface area contributed by atoms with Gasteiger partial charge in [0, 0.05) is 11.6 Å². The van der Waals surface area contributed by atoms with Gasteiger partial charge in [0.25, 0.3) is 5.91 Å². The molecule has 1 aliphatic heterocycles. The highest BCUT2D eigenvalue weighted by molar-refractivity contribution is 6.02. The van der Waals surface area contributed by atoms with E-state index in [0.29, 0.717) is 12.0 Å². The van der Waals surface area contributed by atoms with Crippen molar-refractivity contribution in [3.8, 4) is 11.5 Å². The quantitative estimate of drug-likeness (QED) is 0.225. The maximum atomic E-state index is 12.6. The van der Waals surface area contributed by atoms with Crippen molar-refractivity contribution >= 4 is 22.9 Å². The van der Waals surface area contributed by atoms with E-state index in [0.717, 1.165) is 35.1 Å². The molecule has 4 rings (SSSR count). The summed E-state index contributed by atoms with van der Waals surface area (Å²) < 4.78 is 5.77. The number of amides is 1. The Hall–Kier alpha value is -3.42. The number of nitrogens with one attached hydrogen (secondary N) is 3. The fraction of sp³-hybridized carbons (Fsp3) is 0.308. The molecule has 1 amide bonds. The second kappa shape index (κ2) is 10.9. The first-order chi connectivity index (χ1) is 16.2. The zero-order valence-electron chi connectivity index (χ0n) is 18.8. The second-order valence-electron chi connectivity index (χ2n) is 8.21. The fourth-order valence-corrected chi connectivity index (χ4v) is 3.94. The van der Waals surface area contributed by atoms with Crippen molar-refractivity contribution in [2.75, 3.05) is 6.61 Å². The fourth-order valence-electron chi connectivity index (χ4n) is 3.94. The van der Waals surface area contributed by atoms with Crippen LogP contribution in [0.15, 0.2) is 65.8 Å². The van der Waals surface area contributed by atoms with E-state index in [4.69, 9.17) is 4.74 Å². The summed E-state index contributed by atoms with van der Waals surface area (Å²) in [7, 11) is 0. The number of carbonyl (C=O) groups is 1. The second-order valence-corrected chi connectivity index (χ2v) is 8.21. The van der Waals surface area contributed by atoms with Crippen LogP contribution < -0.4 is 21.0 Å². The third-order valence-corrected chi connectivity index (χ3v) is 5.83. The standard InChI is InChI=1S/C26H30N4O3/c1-2-3-6-15-33-20-12-9-19(10-13-20)23-16-24(29-28-23)26(32)30-27-17-22-21-8-5-4-7-18(21)11-14-25(22)31/h4-5,7-14,17,23-24,28-29,31H,2-3,6,15-16H2,1H3,(H,30,32)/b27-17+. The molecule has 3 aromatic carbocycles. The number of hydrogen-bond donors (Lipinski definition) is 4. The maximum Gasteiger partial charge on any atom is 0.258 e. The van der Waals surface area contributed by atoms with Crippen LogP contribution in [0.2, 0.25) is 0 Å². The lowest BCUT2D eigenvalue weighted by molar-refractivity contribution is -0.122. The number of phenolic OH excluding ortho intramolecular Hbond substituents is 1. The van der Waals surface area contributed by atoms with Gasteiger partial charge in [-0.2, -0.15) is 5.10 Å². The molecule has 3 aromatic rings. The Labute approximate surface area is 193 Å². The van der Waals surface area contributed by atoms with E-state index in [2.05, 4.69) is 28.3 Å². The molecule has 1 saturated heterocycles. The number of carbonyl (C=O) groups excluding carboxylic acids is 1. The SMILES string of the molecule is CCCCCOc1ccc(C2CC(C(=O)N/N=C/c3c(O)ccc4ccccc34)NN2)cc1. The third-order valence-electron chi connectivity index (χ3n) is 5.83. The van der Waals surface area contributed by atoms with Crippen LogP contribution in [-0.4, -0.2) is 29.9 Å². The van der Waals surface area contributed by atoms with Crippen LogP contribution in [-0.2, 0) is 4.79 Å². The van der Waals surface area contributed by atoms with E-state index in [1.54, 1.807) is 6.07 Å². The Balaban J connectivity index is 1.31. The molecule has 1 fully saturated rings. The molecule has 4 N–H and O–H groups in total. The lowest BCUT2D eigenvalue weighted by Gasteiger charge is -2.11. The van der Waals surface area contributed by atoms with E-state index in [-0.39, 0.29) is 17.7 Å². The molecule has 1 aliphatic rings. The first kappa shape index (κ1) is 22.8. The van der Waals surface area contributed by atoms with E-state index in [1.165, 1.54) is 19.1 Å². The topological polar surface area (TPSA) is 95.0 Å². The highest BCUT2D eigenvalue weighted by atomic mass is 16.5. The Bertz CT molecular complexity index is 1110.